The van der Waals surface area contributed by atoms with Gasteiger partial charge in [0.25, 0.3) is 0 Å². The molecule has 5 aromatic carbocycles. The Hall–Kier alpha value is -2.96. The third-order valence-electron chi connectivity index (χ3n) is 8.65. The van der Waals surface area contributed by atoms with Crippen molar-refractivity contribution in [1.82, 2.24) is 0 Å². The second-order valence-corrected chi connectivity index (χ2v) is 12.4. The van der Waals surface area contributed by atoms with Crippen LogP contribution in [0.1, 0.15) is 63.2 Å². The Balaban J connectivity index is 0.000000250. The zero-order chi connectivity index (χ0) is 27.2. The summed E-state index contributed by atoms with van der Waals surface area (Å²) in [5, 5.41) is 2.79. The van der Waals surface area contributed by atoms with E-state index in [9.17, 15) is 0 Å². The Morgan fingerprint density at radius 1 is 0.667 bits per heavy atom. The second kappa shape index (κ2) is 12.7. The molecule has 5 aromatic rings. The molecule has 2 unspecified atom stereocenters. The molecule has 0 saturated heterocycles. The monoisotopic (exact) mass is 659 g/mol. The Bertz CT molecular complexity index is 1860. The van der Waals surface area contributed by atoms with E-state index in [-0.39, 0.29) is 24.8 Å². The average molecular weight is 662 g/mol. The summed E-state index contributed by atoms with van der Waals surface area (Å²) in [4.78, 5) is 0. The van der Waals surface area contributed by atoms with Gasteiger partial charge < -0.3 is 24.8 Å². The van der Waals surface area contributed by atoms with Crippen molar-refractivity contribution in [3.05, 3.63) is 154 Å². The number of halogens is 2. The maximum absolute atomic E-state index is 2.42. The van der Waals surface area contributed by atoms with E-state index in [2.05, 4.69) is 141 Å². The molecule has 3 aliphatic rings. The minimum atomic E-state index is 0. The maximum atomic E-state index is 2.42. The molecule has 0 fully saturated rings. The van der Waals surface area contributed by atoms with Crippen LogP contribution in [0.5, 0.6) is 0 Å². The van der Waals surface area contributed by atoms with Crippen molar-refractivity contribution >= 4 is 34.1 Å². The molecule has 2 atom stereocenters. The van der Waals surface area contributed by atoms with Crippen LogP contribution < -0.4 is 24.8 Å². The van der Waals surface area contributed by atoms with Crippen molar-refractivity contribution in [3.8, 4) is 11.1 Å². The summed E-state index contributed by atoms with van der Waals surface area (Å²) in [5.41, 5.74) is 15.7. The van der Waals surface area contributed by atoms with Gasteiger partial charge in [-0.05, 0) is 68.6 Å². The Morgan fingerprint density at radius 3 is 2.05 bits per heavy atom. The molecule has 3 aliphatic carbocycles. The third-order valence-corrected chi connectivity index (χ3v) is 9.89. The van der Waals surface area contributed by atoms with Crippen LogP contribution in [0.25, 0.3) is 45.2 Å². The van der Waals surface area contributed by atoms with Crippen LogP contribution in [0.15, 0.2) is 121 Å². The van der Waals surface area contributed by atoms with Crippen molar-refractivity contribution in [2.75, 3.05) is 0 Å². The third kappa shape index (κ3) is 5.11. The van der Waals surface area contributed by atoms with Crippen LogP contribution in [0, 0.1) is 0 Å². The topological polar surface area (TPSA) is 0 Å². The molecule has 42 heavy (non-hydrogen) atoms. The van der Waals surface area contributed by atoms with Crippen LogP contribution in [0.3, 0.4) is 0 Å². The van der Waals surface area contributed by atoms with E-state index in [1.165, 1.54) is 72.0 Å². The van der Waals surface area contributed by atoms with Crippen LogP contribution in [0.2, 0.25) is 0 Å². The normalized spacial score (nSPS) is 17.1. The predicted molar refractivity (Wildman–Crippen MR) is 168 cm³/mol. The van der Waals surface area contributed by atoms with Crippen LogP contribution in [-0.2, 0) is 24.7 Å². The number of benzene rings is 5. The van der Waals surface area contributed by atoms with Crippen LogP contribution >= 0.6 is 0 Å². The minimum absolute atomic E-state index is 0. The van der Waals surface area contributed by atoms with Gasteiger partial charge in [-0.2, -0.15) is 0 Å². The number of hydrogen-bond donors (Lipinski definition) is 0. The van der Waals surface area contributed by atoms with E-state index < -0.39 is 0 Å². The number of rotatable bonds is 3. The van der Waals surface area contributed by atoms with Crippen LogP contribution in [-0.4, -0.2) is 0 Å². The van der Waals surface area contributed by atoms with Gasteiger partial charge in [0, 0.05) is 5.92 Å². The molecule has 0 spiro atoms. The van der Waals surface area contributed by atoms with Gasteiger partial charge in [-0.15, -0.1) is 0 Å². The molecule has 8 rings (SSSR count). The van der Waals surface area contributed by atoms with Crippen molar-refractivity contribution in [3.63, 3.8) is 0 Å². The summed E-state index contributed by atoms with van der Waals surface area (Å²) in [5.74, 6) is 0.330. The molecule has 0 heterocycles. The van der Waals surface area contributed by atoms with Crippen LogP contribution in [0.4, 0.5) is 0 Å². The summed E-state index contributed by atoms with van der Waals surface area (Å²) < 4.78 is 0.711. The molecule has 0 aliphatic heterocycles. The van der Waals surface area contributed by atoms with Gasteiger partial charge in [0.2, 0.25) is 0 Å². The van der Waals surface area contributed by atoms with Gasteiger partial charge in [-0.3, -0.25) is 0 Å². The molecular formula is C39H31Cl2Zr. The molecule has 0 aromatic heterocycles. The fourth-order valence-corrected chi connectivity index (χ4v) is 7.77. The first kappa shape index (κ1) is 30.5. The first-order valence-electron chi connectivity index (χ1n) is 14.3. The summed E-state index contributed by atoms with van der Waals surface area (Å²) in [6.45, 7) is 4.61. The Morgan fingerprint density at radius 2 is 1.31 bits per heavy atom. The van der Waals surface area contributed by atoms with Gasteiger partial charge in [-0.25, -0.2) is 0 Å². The Labute approximate surface area is 276 Å². The van der Waals surface area contributed by atoms with Crippen molar-refractivity contribution < 1.29 is 49.5 Å². The summed E-state index contributed by atoms with van der Waals surface area (Å²) in [6.07, 6.45) is 7.98. The summed E-state index contributed by atoms with van der Waals surface area (Å²) in [7, 11) is 0. The van der Waals surface area contributed by atoms with E-state index >= 15 is 0 Å². The van der Waals surface area contributed by atoms with Gasteiger partial charge in [0.1, 0.15) is 0 Å². The Kier molecular flexibility index (Phi) is 9.24. The fourth-order valence-electron chi connectivity index (χ4n) is 6.89. The first-order valence-corrected chi connectivity index (χ1v) is 15.7. The zero-order valence-corrected chi connectivity index (χ0v) is 27.7. The second-order valence-electron chi connectivity index (χ2n) is 10.9. The molecule has 3 heteroatoms. The van der Waals surface area contributed by atoms with E-state index in [4.69, 9.17) is 0 Å². The predicted octanol–water partition coefficient (Wildman–Crippen LogP) is 4.65. The van der Waals surface area contributed by atoms with E-state index in [1.807, 2.05) is 0 Å². The molecular weight excluding hydrogens is 631 g/mol. The molecule has 205 valence electrons. The number of allylic oxidation sites excluding steroid dienone is 4. The van der Waals surface area contributed by atoms with E-state index in [0.29, 0.717) is 9.54 Å². The standard InChI is InChI=1S/C30H24.C9H7.2ClH.Zr/c1-3-22-24-15-7-12-21-13-8-17-26(29(21)24)30(22)28-19(2)18-27-23(14-9-16-25(27)28)20-10-5-4-6-11-20;1-2-5-9-7-3-6-8(9)4-1;;;/h4-18,28H,3H2,1-2H3;1-7H;2*1H;/q;;;;+2/p-2. The van der Waals surface area contributed by atoms with Crippen molar-refractivity contribution in [1.29, 1.82) is 0 Å². The van der Waals surface area contributed by atoms with Gasteiger partial charge in [0.15, 0.2) is 0 Å². The molecule has 0 saturated carbocycles. The van der Waals surface area contributed by atoms with Gasteiger partial charge in [-0.1, -0.05) is 104 Å². The van der Waals surface area contributed by atoms with Gasteiger partial charge in [0.05, 0.1) is 0 Å². The van der Waals surface area contributed by atoms with Gasteiger partial charge >= 0.3 is 75.9 Å². The quantitative estimate of drug-likeness (QED) is 0.264. The molecule has 0 nitrogen and oxygen atoms in total. The molecule has 0 amide bonds. The first-order chi connectivity index (χ1) is 19.7. The summed E-state index contributed by atoms with van der Waals surface area (Å²) in [6, 6.07) is 39.8. The zero-order valence-electron chi connectivity index (χ0n) is 23.7. The number of hydrogen-bond acceptors (Lipinski definition) is 0. The molecule has 0 bridgehead atoms. The van der Waals surface area contributed by atoms with Crippen molar-refractivity contribution in [2.45, 2.75) is 29.8 Å². The molecule has 0 radical (unpaired) electrons. The van der Waals surface area contributed by atoms with E-state index in [1.54, 1.807) is 24.7 Å². The van der Waals surface area contributed by atoms with E-state index in [0.717, 1.165) is 6.42 Å². The molecule has 0 N–H and O–H groups in total. The fraction of sp³-hybridized carbons (Fsp3) is 0.128. The van der Waals surface area contributed by atoms with Crippen molar-refractivity contribution in [2.24, 2.45) is 0 Å². The average Bonchev–Trinajstić information content (AvgIpc) is 3.65. The summed E-state index contributed by atoms with van der Waals surface area (Å²) >= 11 is 1.59. The SMILES string of the molecule is CCC1=C(C2C(C)=Cc3c(-c4ccccc4)cccc32)c2cccc3cccc1c23.[Cl-].[Cl-].[Zr+2][CH]1C=Cc2ccccc21. The number of fused-ring (bicyclic) bond motifs is 2.